The van der Waals surface area contributed by atoms with Gasteiger partial charge in [-0.05, 0) is 13.0 Å². The highest BCUT2D eigenvalue weighted by atomic mass is 16.7. The Morgan fingerprint density at radius 3 is 2.94 bits per heavy atom. The van der Waals surface area contributed by atoms with E-state index < -0.39 is 0 Å². The average molecular weight is 220 g/mol. The fraction of sp³-hybridized carbons (Fsp3) is 0.400. The van der Waals surface area contributed by atoms with Gasteiger partial charge in [0.2, 0.25) is 6.79 Å². The number of hydrogen-bond acceptors (Lipinski definition) is 5. The highest BCUT2D eigenvalue weighted by molar-refractivity contribution is 5.79. The molecule has 0 atom stereocenters. The third kappa shape index (κ3) is 1.38. The monoisotopic (exact) mass is 220 g/mol. The van der Waals surface area contributed by atoms with E-state index in [0.29, 0.717) is 6.54 Å². The van der Waals surface area contributed by atoms with Gasteiger partial charge in [-0.15, -0.1) is 5.10 Å². The highest BCUT2D eigenvalue weighted by Gasteiger charge is 2.16. The van der Waals surface area contributed by atoms with E-state index in [1.54, 1.807) is 0 Å². The molecule has 1 aliphatic heterocycles. The van der Waals surface area contributed by atoms with Crippen LogP contribution < -0.4 is 15.2 Å². The zero-order chi connectivity index (χ0) is 11.0. The van der Waals surface area contributed by atoms with Gasteiger partial charge in [-0.2, -0.15) is 0 Å². The van der Waals surface area contributed by atoms with Crippen LogP contribution in [0.1, 0.15) is 6.42 Å². The number of hydrogen-bond donors (Lipinski definition) is 1. The zero-order valence-corrected chi connectivity index (χ0v) is 8.72. The zero-order valence-electron chi connectivity index (χ0n) is 8.72. The van der Waals surface area contributed by atoms with Gasteiger partial charge in [-0.3, -0.25) is 0 Å². The van der Waals surface area contributed by atoms with E-state index in [-0.39, 0.29) is 6.79 Å². The SMILES string of the molecule is NCCCn1nnc2cc3c(cc21)OCO3. The second kappa shape index (κ2) is 3.64. The Labute approximate surface area is 91.9 Å². The molecule has 0 radical (unpaired) electrons. The molecule has 1 aromatic heterocycles. The third-order valence-electron chi connectivity index (χ3n) is 2.58. The first kappa shape index (κ1) is 9.41. The van der Waals surface area contributed by atoms with Crippen LogP contribution in [0, 0.1) is 0 Å². The van der Waals surface area contributed by atoms with Crippen LogP contribution in [0.5, 0.6) is 11.5 Å². The van der Waals surface area contributed by atoms with Crippen LogP contribution in [0.25, 0.3) is 11.0 Å². The normalized spacial score (nSPS) is 13.6. The lowest BCUT2D eigenvalue weighted by Crippen LogP contribution is -2.06. The molecule has 0 spiro atoms. The summed E-state index contributed by atoms with van der Waals surface area (Å²) in [6, 6.07) is 3.76. The van der Waals surface area contributed by atoms with E-state index in [4.69, 9.17) is 15.2 Å². The number of nitrogens with zero attached hydrogens (tertiary/aromatic N) is 3. The molecule has 0 unspecified atom stereocenters. The minimum absolute atomic E-state index is 0.276. The molecule has 16 heavy (non-hydrogen) atoms. The van der Waals surface area contributed by atoms with Crippen LogP contribution in [0.15, 0.2) is 12.1 Å². The first-order valence-corrected chi connectivity index (χ1v) is 5.21. The van der Waals surface area contributed by atoms with Gasteiger partial charge in [0, 0.05) is 18.7 Å². The van der Waals surface area contributed by atoms with Crippen molar-refractivity contribution in [1.82, 2.24) is 15.0 Å². The third-order valence-corrected chi connectivity index (χ3v) is 2.58. The van der Waals surface area contributed by atoms with Gasteiger partial charge >= 0.3 is 0 Å². The summed E-state index contributed by atoms with van der Waals surface area (Å²) < 4.78 is 12.4. The van der Waals surface area contributed by atoms with Gasteiger partial charge in [0.25, 0.3) is 0 Å². The molecule has 84 valence electrons. The standard InChI is InChI=1S/C10H12N4O2/c11-2-1-3-14-8-5-10-9(15-6-16-10)4-7(8)12-13-14/h4-5H,1-3,6,11H2. The number of aromatic nitrogens is 3. The summed E-state index contributed by atoms with van der Waals surface area (Å²) in [5.74, 6) is 1.49. The van der Waals surface area contributed by atoms with Crippen molar-refractivity contribution in [1.29, 1.82) is 0 Å². The first-order valence-electron chi connectivity index (χ1n) is 5.21. The molecule has 6 nitrogen and oxygen atoms in total. The van der Waals surface area contributed by atoms with Gasteiger partial charge in [0.15, 0.2) is 11.5 Å². The molecule has 3 rings (SSSR count). The molecular weight excluding hydrogens is 208 g/mol. The molecule has 0 amide bonds. The molecule has 2 aromatic rings. The maximum absolute atomic E-state index is 5.47. The van der Waals surface area contributed by atoms with Gasteiger partial charge in [-0.25, -0.2) is 4.68 Å². The van der Waals surface area contributed by atoms with Gasteiger partial charge in [0.1, 0.15) is 5.52 Å². The number of nitrogens with two attached hydrogens (primary N) is 1. The average Bonchev–Trinajstić information content (AvgIpc) is 2.89. The Kier molecular flexibility index (Phi) is 2.14. The largest absolute Gasteiger partial charge is 0.454 e. The number of rotatable bonds is 3. The number of aryl methyl sites for hydroxylation is 1. The molecule has 2 heterocycles. The van der Waals surface area contributed by atoms with Gasteiger partial charge in [0.05, 0.1) is 5.52 Å². The van der Waals surface area contributed by atoms with Crippen LogP contribution >= 0.6 is 0 Å². The molecule has 0 saturated heterocycles. The van der Waals surface area contributed by atoms with Gasteiger partial charge in [-0.1, -0.05) is 5.21 Å². The summed E-state index contributed by atoms with van der Waals surface area (Å²) in [6.45, 7) is 1.69. The van der Waals surface area contributed by atoms with Crippen molar-refractivity contribution in [3.05, 3.63) is 12.1 Å². The van der Waals surface area contributed by atoms with Crippen molar-refractivity contribution in [3.8, 4) is 11.5 Å². The first-order chi connectivity index (χ1) is 7.88. The molecule has 0 fully saturated rings. The lowest BCUT2D eigenvalue weighted by molar-refractivity contribution is 0.174. The summed E-state index contributed by atoms with van der Waals surface area (Å²) in [4.78, 5) is 0. The van der Waals surface area contributed by atoms with Crippen LogP contribution in [0.2, 0.25) is 0 Å². The van der Waals surface area contributed by atoms with Crippen LogP contribution in [-0.2, 0) is 6.54 Å². The lowest BCUT2D eigenvalue weighted by Gasteiger charge is -2.01. The number of benzene rings is 1. The Hall–Kier alpha value is -1.82. The quantitative estimate of drug-likeness (QED) is 0.815. The second-order valence-electron chi connectivity index (χ2n) is 3.65. The highest BCUT2D eigenvalue weighted by Crippen LogP contribution is 2.35. The predicted octanol–water partition coefficient (Wildman–Crippen LogP) is 0.509. The van der Waals surface area contributed by atoms with Crippen molar-refractivity contribution in [2.45, 2.75) is 13.0 Å². The summed E-state index contributed by atoms with van der Waals surface area (Å²) in [5.41, 5.74) is 7.25. The van der Waals surface area contributed by atoms with Crippen molar-refractivity contribution >= 4 is 11.0 Å². The summed E-state index contributed by atoms with van der Waals surface area (Å²) in [5, 5.41) is 8.16. The van der Waals surface area contributed by atoms with Gasteiger partial charge < -0.3 is 15.2 Å². The molecule has 0 bridgehead atoms. The summed E-state index contributed by atoms with van der Waals surface area (Å²) in [6.07, 6.45) is 0.882. The molecule has 1 aromatic carbocycles. The molecule has 6 heteroatoms. The Bertz CT molecular complexity index is 523. The predicted molar refractivity (Wildman–Crippen MR) is 57.3 cm³/mol. The number of ether oxygens (including phenoxy) is 2. The van der Waals surface area contributed by atoms with Crippen LogP contribution in [-0.4, -0.2) is 28.3 Å². The molecule has 0 aliphatic carbocycles. The molecule has 0 saturated carbocycles. The smallest absolute Gasteiger partial charge is 0.231 e. The van der Waals surface area contributed by atoms with Crippen LogP contribution in [0.3, 0.4) is 0 Å². The molecule has 1 aliphatic rings. The van der Waals surface area contributed by atoms with E-state index in [1.807, 2.05) is 16.8 Å². The molecule has 2 N–H and O–H groups in total. The van der Waals surface area contributed by atoms with Crippen molar-refractivity contribution < 1.29 is 9.47 Å². The minimum atomic E-state index is 0.276. The summed E-state index contributed by atoms with van der Waals surface area (Å²) >= 11 is 0. The Balaban J connectivity index is 2.05. The second-order valence-corrected chi connectivity index (χ2v) is 3.65. The minimum Gasteiger partial charge on any atom is -0.454 e. The van der Waals surface area contributed by atoms with Crippen molar-refractivity contribution in [2.75, 3.05) is 13.3 Å². The van der Waals surface area contributed by atoms with Crippen LogP contribution in [0.4, 0.5) is 0 Å². The fourth-order valence-corrected chi connectivity index (χ4v) is 1.76. The number of fused-ring (bicyclic) bond motifs is 2. The summed E-state index contributed by atoms with van der Waals surface area (Å²) in [7, 11) is 0. The van der Waals surface area contributed by atoms with Crippen molar-refractivity contribution in [3.63, 3.8) is 0 Å². The maximum Gasteiger partial charge on any atom is 0.231 e. The van der Waals surface area contributed by atoms with E-state index in [9.17, 15) is 0 Å². The fourth-order valence-electron chi connectivity index (χ4n) is 1.76. The van der Waals surface area contributed by atoms with E-state index in [0.717, 1.165) is 35.5 Å². The van der Waals surface area contributed by atoms with Crippen molar-refractivity contribution in [2.24, 2.45) is 5.73 Å². The van der Waals surface area contributed by atoms with E-state index in [2.05, 4.69) is 10.3 Å². The topological polar surface area (TPSA) is 75.2 Å². The van der Waals surface area contributed by atoms with E-state index >= 15 is 0 Å². The maximum atomic E-state index is 5.47. The Morgan fingerprint density at radius 2 is 2.12 bits per heavy atom. The lowest BCUT2D eigenvalue weighted by atomic mass is 10.2. The molecular formula is C10H12N4O2. The van der Waals surface area contributed by atoms with E-state index in [1.165, 1.54) is 0 Å². The Morgan fingerprint density at radius 1 is 1.31 bits per heavy atom.